The summed E-state index contributed by atoms with van der Waals surface area (Å²) in [4.78, 5) is 20.6. The molecule has 0 fully saturated rings. The number of esters is 1. The number of carbonyl (C=O) groups excluding carboxylic acids is 2. The molecule has 0 aromatic carbocycles. The summed E-state index contributed by atoms with van der Waals surface area (Å²) in [7, 11) is 0. The Morgan fingerprint density at radius 1 is 1.50 bits per heavy atom. The second-order valence-corrected chi connectivity index (χ2v) is 2.35. The molecule has 12 heavy (non-hydrogen) atoms. The minimum absolute atomic E-state index is 0.0795. The molecule has 0 heterocycles. The van der Waals surface area contributed by atoms with Crippen LogP contribution in [0.15, 0.2) is 10.8 Å². The van der Waals surface area contributed by atoms with E-state index >= 15 is 0 Å². The highest BCUT2D eigenvalue weighted by atomic mass is 35.5. The molecule has 0 bridgehead atoms. The molecule has 0 saturated heterocycles. The molecule has 0 aromatic rings. The Balaban J connectivity index is 4.61. The van der Waals surface area contributed by atoms with Crippen molar-refractivity contribution in [3.63, 3.8) is 0 Å². The Hall–Kier alpha value is -1.03. The third-order valence-electron chi connectivity index (χ3n) is 1.01. The van der Waals surface area contributed by atoms with Crippen LogP contribution in [-0.2, 0) is 14.3 Å². The highest BCUT2D eigenvalue weighted by Crippen LogP contribution is 2.13. The van der Waals surface area contributed by atoms with E-state index in [0.29, 0.717) is 0 Å². The number of carboxylic acids is 1. The number of ether oxygens (including phenoxy) is 1. The van der Waals surface area contributed by atoms with Crippen molar-refractivity contribution in [2.24, 2.45) is 0 Å². The molecule has 0 spiro atoms. The molecule has 0 amide bonds. The highest BCUT2D eigenvalue weighted by Gasteiger charge is 2.07. The minimum Gasteiger partial charge on any atom is -0.544 e. The fourth-order valence-electron chi connectivity index (χ4n) is 0.560. The molecule has 4 nitrogen and oxygen atoms in total. The van der Waals surface area contributed by atoms with Gasteiger partial charge in [-0.3, -0.25) is 4.79 Å². The molecule has 0 atom stereocenters. The van der Waals surface area contributed by atoms with E-state index in [1.165, 1.54) is 0 Å². The molecule has 0 radical (unpaired) electrons. The molecule has 0 aromatic heterocycles. The SMILES string of the molecule is CC/C(OC(C)=O)=C(/Cl)C(=O)[O-]. The van der Waals surface area contributed by atoms with Crippen LogP contribution in [0.2, 0.25) is 0 Å². The first kappa shape index (κ1) is 11.0. The van der Waals surface area contributed by atoms with Crippen molar-refractivity contribution >= 4 is 23.5 Å². The van der Waals surface area contributed by atoms with Crippen molar-refractivity contribution in [1.29, 1.82) is 0 Å². The second kappa shape index (κ2) is 4.77. The summed E-state index contributed by atoms with van der Waals surface area (Å²) in [6.45, 7) is 2.78. The van der Waals surface area contributed by atoms with Crippen molar-refractivity contribution in [2.45, 2.75) is 20.3 Å². The van der Waals surface area contributed by atoms with Gasteiger partial charge in [-0.15, -0.1) is 0 Å². The van der Waals surface area contributed by atoms with Crippen LogP contribution in [0.3, 0.4) is 0 Å². The van der Waals surface area contributed by atoms with Gasteiger partial charge in [0.15, 0.2) is 0 Å². The second-order valence-electron chi connectivity index (χ2n) is 1.97. The number of rotatable bonds is 3. The van der Waals surface area contributed by atoms with Gasteiger partial charge in [-0.25, -0.2) is 0 Å². The monoisotopic (exact) mass is 191 g/mol. The fraction of sp³-hybridized carbons (Fsp3) is 0.429. The number of hydrogen-bond acceptors (Lipinski definition) is 4. The smallest absolute Gasteiger partial charge is 0.307 e. The van der Waals surface area contributed by atoms with Crippen LogP contribution in [-0.4, -0.2) is 11.9 Å². The zero-order valence-electron chi connectivity index (χ0n) is 6.72. The van der Waals surface area contributed by atoms with Crippen LogP contribution in [0.25, 0.3) is 0 Å². The molecule has 0 saturated carbocycles. The van der Waals surface area contributed by atoms with E-state index in [-0.39, 0.29) is 12.2 Å². The third kappa shape index (κ3) is 3.39. The molecular formula is C7H8ClO4-. The van der Waals surface area contributed by atoms with E-state index in [4.69, 9.17) is 11.6 Å². The topological polar surface area (TPSA) is 66.4 Å². The standard InChI is InChI=1S/C7H9ClO4/c1-3-5(12-4(2)9)6(8)7(10)11/h3H2,1-2H3,(H,10,11)/p-1/b6-5-. The van der Waals surface area contributed by atoms with Crippen LogP contribution in [0.4, 0.5) is 0 Å². The van der Waals surface area contributed by atoms with Crippen molar-refractivity contribution in [3.05, 3.63) is 10.8 Å². The molecule has 0 rings (SSSR count). The molecule has 0 aliphatic heterocycles. The van der Waals surface area contributed by atoms with E-state index in [1.54, 1.807) is 6.92 Å². The molecular weight excluding hydrogens is 184 g/mol. The zero-order valence-corrected chi connectivity index (χ0v) is 7.47. The lowest BCUT2D eigenvalue weighted by Gasteiger charge is -2.07. The van der Waals surface area contributed by atoms with E-state index < -0.39 is 17.0 Å². The minimum atomic E-state index is -1.55. The number of hydrogen-bond donors (Lipinski definition) is 0. The van der Waals surface area contributed by atoms with Gasteiger partial charge in [0.1, 0.15) is 10.8 Å². The summed E-state index contributed by atoms with van der Waals surface area (Å²) < 4.78 is 4.51. The van der Waals surface area contributed by atoms with Crippen LogP contribution in [0.5, 0.6) is 0 Å². The Kier molecular flexibility index (Phi) is 4.36. The Morgan fingerprint density at radius 2 is 2.00 bits per heavy atom. The van der Waals surface area contributed by atoms with Crippen molar-refractivity contribution in [3.8, 4) is 0 Å². The van der Waals surface area contributed by atoms with E-state index in [2.05, 4.69) is 4.74 Å². The van der Waals surface area contributed by atoms with Crippen molar-refractivity contribution < 1.29 is 19.4 Å². The highest BCUT2D eigenvalue weighted by molar-refractivity contribution is 6.40. The molecule has 68 valence electrons. The van der Waals surface area contributed by atoms with Crippen LogP contribution >= 0.6 is 11.6 Å². The van der Waals surface area contributed by atoms with E-state index in [0.717, 1.165) is 6.92 Å². The quantitative estimate of drug-likeness (QED) is 0.362. The van der Waals surface area contributed by atoms with Gasteiger partial charge < -0.3 is 14.6 Å². The zero-order chi connectivity index (χ0) is 9.72. The Labute approximate surface area is 74.8 Å². The maximum atomic E-state index is 10.4. The van der Waals surface area contributed by atoms with Gasteiger partial charge in [0.05, 0.1) is 5.97 Å². The van der Waals surface area contributed by atoms with Crippen LogP contribution < -0.4 is 5.11 Å². The Morgan fingerprint density at radius 3 is 2.25 bits per heavy atom. The lowest BCUT2D eigenvalue weighted by Crippen LogP contribution is -2.23. The lowest BCUT2D eigenvalue weighted by molar-refractivity contribution is -0.298. The van der Waals surface area contributed by atoms with Crippen LogP contribution in [0, 0.1) is 0 Å². The average Bonchev–Trinajstić information content (AvgIpc) is 1.98. The van der Waals surface area contributed by atoms with Gasteiger partial charge >= 0.3 is 5.97 Å². The van der Waals surface area contributed by atoms with Crippen molar-refractivity contribution in [2.75, 3.05) is 0 Å². The molecule has 5 heteroatoms. The summed E-state index contributed by atoms with van der Waals surface area (Å²) in [6.07, 6.45) is 0.229. The number of aliphatic carboxylic acids is 1. The number of halogens is 1. The first-order chi connectivity index (χ1) is 5.49. The maximum absolute atomic E-state index is 10.4. The van der Waals surface area contributed by atoms with Gasteiger partial charge in [-0.05, 0) is 0 Å². The van der Waals surface area contributed by atoms with Gasteiger partial charge in [-0.1, -0.05) is 18.5 Å². The molecule has 0 aliphatic rings. The van der Waals surface area contributed by atoms with Gasteiger partial charge in [0.25, 0.3) is 0 Å². The van der Waals surface area contributed by atoms with E-state index in [1.807, 2.05) is 0 Å². The predicted molar refractivity (Wildman–Crippen MR) is 39.9 cm³/mol. The van der Waals surface area contributed by atoms with Gasteiger partial charge in [0, 0.05) is 13.3 Å². The summed E-state index contributed by atoms with van der Waals surface area (Å²) >= 11 is 5.27. The normalized spacial score (nSPS) is 11.9. The number of allylic oxidation sites excluding steroid dienone is 1. The summed E-state index contributed by atoms with van der Waals surface area (Å²) in [5, 5.41) is 9.63. The number of carbonyl (C=O) groups is 2. The molecule has 0 aliphatic carbocycles. The Bertz CT molecular complexity index is 232. The third-order valence-corrected chi connectivity index (χ3v) is 1.38. The summed E-state index contributed by atoms with van der Waals surface area (Å²) in [5.41, 5.74) is 0. The average molecular weight is 192 g/mol. The fourth-order valence-corrected chi connectivity index (χ4v) is 0.732. The van der Waals surface area contributed by atoms with E-state index in [9.17, 15) is 14.7 Å². The maximum Gasteiger partial charge on any atom is 0.307 e. The van der Waals surface area contributed by atoms with Gasteiger partial charge in [-0.2, -0.15) is 0 Å². The first-order valence-corrected chi connectivity index (χ1v) is 3.65. The van der Waals surface area contributed by atoms with Gasteiger partial charge in [0.2, 0.25) is 0 Å². The molecule has 0 N–H and O–H groups in total. The predicted octanol–water partition coefficient (Wildman–Crippen LogP) is 0.160. The number of carboxylic acid groups (broad SMARTS) is 1. The molecule has 0 unspecified atom stereocenters. The summed E-state index contributed by atoms with van der Waals surface area (Å²) in [6, 6.07) is 0. The summed E-state index contributed by atoms with van der Waals surface area (Å²) in [5.74, 6) is -2.23. The van der Waals surface area contributed by atoms with Crippen LogP contribution in [0.1, 0.15) is 20.3 Å². The first-order valence-electron chi connectivity index (χ1n) is 3.27. The van der Waals surface area contributed by atoms with Crippen molar-refractivity contribution in [1.82, 2.24) is 0 Å². The largest absolute Gasteiger partial charge is 0.544 e. The lowest BCUT2D eigenvalue weighted by atomic mass is 10.3.